The van der Waals surface area contributed by atoms with Crippen LogP contribution in [0.1, 0.15) is 18.4 Å². The van der Waals surface area contributed by atoms with E-state index in [0.717, 1.165) is 6.07 Å². The predicted octanol–water partition coefficient (Wildman–Crippen LogP) is 1.30. The lowest BCUT2D eigenvalue weighted by Gasteiger charge is -2.10. The number of urea groups is 1. The summed E-state index contributed by atoms with van der Waals surface area (Å²) in [5.74, 6) is -0.527. The Labute approximate surface area is 85.9 Å². The minimum Gasteiger partial charge on any atom is -0.385 e. The summed E-state index contributed by atoms with van der Waals surface area (Å²) < 4.78 is 13.5. The van der Waals surface area contributed by atoms with Crippen molar-refractivity contribution in [2.45, 2.75) is 18.4 Å². The SMILES string of the molecule is NC(=O)Nc1ccc(C2(O)CC2)c(F)c1. The molecule has 4 N–H and O–H groups in total. The van der Waals surface area contributed by atoms with Gasteiger partial charge < -0.3 is 16.2 Å². The summed E-state index contributed by atoms with van der Waals surface area (Å²) in [6.45, 7) is 0. The van der Waals surface area contributed by atoms with E-state index < -0.39 is 17.4 Å². The van der Waals surface area contributed by atoms with Gasteiger partial charge in [0.25, 0.3) is 0 Å². The third kappa shape index (κ3) is 1.92. The van der Waals surface area contributed by atoms with Crippen molar-refractivity contribution in [3.05, 3.63) is 29.6 Å². The van der Waals surface area contributed by atoms with Crippen LogP contribution in [0.5, 0.6) is 0 Å². The zero-order valence-electron chi connectivity index (χ0n) is 7.96. The first kappa shape index (κ1) is 9.92. The number of nitrogens with one attached hydrogen (secondary N) is 1. The Kier molecular flexibility index (Phi) is 2.12. The highest BCUT2D eigenvalue weighted by atomic mass is 19.1. The van der Waals surface area contributed by atoms with Crippen molar-refractivity contribution in [1.29, 1.82) is 0 Å². The normalized spacial score (nSPS) is 17.2. The molecule has 0 saturated heterocycles. The Morgan fingerprint density at radius 1 is 1.53 bits per heavy atom. The fraction of sp³-hybridized carbons (Fsp3) is 0.300. The van der Waals surface area contributed by atoms with Crippen LogP contribution in [0.2, 0.25) is 0 Å². The lowest BCUT2D eigenvalue weighted by molar-refractivity contribution is 0.147. The van der Waals surface area contributed by atoms with Crippen LogP contribution in [0.25, 0.3) is 0 Å². The van der Waals surface area contributed by atoms with Crippen molar-refractivity contribution in [2.24, 2.45) is 5.73 Å². The highest BCUT2D eigenvalue weighted by molar-refractivity contribution is 5.87. The fourth-order valence-electron chi connectivity index (χ4n) is 1.50. The molecular formula is C10H11FN2O2. The molecular weight excluding hydrogens is 199 g/mol. The molecule has 1 aliphatic carbocycles. The largest absolute Gasteiger partial charge is 0.385 e. The van der Waals surface area contributed by atoms with Crippen LogP contribution in [0.15, 0.2) is 18.2 Å². The molecule has 0 radical (unpaired) electrons. The highest BCUT2D eigenvalue weighted by Gasteiger charge is 2.44. The first-order valence-electron chi connectivity index (χ1n) is 4.60. The lowest BCUT2D eigenvalue weighted by Crippen LogP contribution is -2.19. The smallest absolute Gasteiger partial charge is 0.316 e. The molecule has 4 nitrogen and oxygen atoms in total. The molecule has 80 valence electrons. The number of hydrogen-bond acceptors (Lipinski definition) is 2. The number of aliphatic hydroxyl groups is 1. The van der Waals surface area contributed by atoms with Crippen molar-refractivity contribution in [3.63, 3.8) is 0 Å². The van der Waals surface area contributed by atoms with E-state index in [9.17, 15) is 14.3 Å². The summed E-state index contributed by atoms with van der Waals surface area (Å²) in [6.07, 6.45) is 1.15. The van der Waals surface area contributed by atoms with E-state index >= 15 is 0 Å². The van der Waals surface area contributed by atoms with Gasteiger partial charge in [0.1, 0.15) is 5.82 Å². The van der Waals surface area contributed by atoms with Crippen molar-refractivity contribution >= 4 is 11.7 Å². The number of amides is 2. The Morgan fingerprint density at radius 2 is 2.20 bits per heavy atom. The molecule has 1 aromatic rings. The molecule has 0 aliphatic heterocycles. The number of carbonyl (C=O) groups excluding carboxylic acids is 1. The molecule has 0 aromatic heterocycles. The van der Waals surface area contributed by atoms with Gasteiger partial charge in [-0.15, -0.1) is 0 Å². The van der Waals surface area contributed by atoms with Gasteiger partial charge in [0.15, 0.2) is 0 Å². The number of carbonyl (C=O) groups is 1. The average molecular weight is 210 g/mol. The van der Waals surface area contributed by atoms with Gasteiger partial charge in [0.05, 0.1) is 5.60 Å². The van der Waals surface area contributed by atoms with Gasteiger partial charge in [-0.3, -0.25) is 0 Å². The predicted molar refractivity (Wildman–Crippen MR) is 52.7 cm³/mol. The van der Waals surface area contributed by atoms with Gasteiger partial charge in [-0.05, 0) is 25.0 Å². The van der Waals surface area contributed by atoms with Gasteiger partial charge in [-0.1, -0.05) is 6.07 Å². The maximum absolute atomic E-state index is 13.5. The van der Waals surface area contributed by atoms with Crippen LogP contribution in [0.4, 0.5) is 14.9 Å². The van der Waals surface area contributed by atoms with Gasteiger partial charge in [0, 0.05) is 11.3 Å². The molecule has 0 spiro atoms. The molecule has 1 aliphatic rings. The molecule has 0 bridgehead atoms. The zero-order chi connectivity index (χ0) is 11.1. The summed E-state index contributed by atoms with van der Waals surface area (Å²) in [5, 5.41) is 12.0. The van der Waals surface area contributed by atoms with Crippen LogP contribution in [0.3, 0.4) is 0 Å². The Morgan fingerprint density at radius 3 is 2.67 bits per heavy atom. The third-order valence-corrected chi connectivity index (χ3v) is 2.46. The maximum Gasteiger partial charge on any atom is 0.316 e. The molecule has 1 fully saturated rings. The maximum atomic E-state index is 13.5. The van der Waals surface area contributed by atoms with Crippen molar-refractivity contribution < 1.29 is 14.3 Å². The van der Waals surface area contributed by atoms with Gasteiger partial charge >= 0.3 is 6.03 Å². The summed E-state index contributed by atoms with van der Waals surface area (Å²) in [4.78, 5) is 10.5. The number of halogens is 1. The van der Waals surface area contributed by atoms with Crippen LogP contribution < -0.4 is 11.1 Å². The monoisotopic (exact) mass is 210 g/mol. The molecule has 0 unspecified atom stereocenters. The first-order chi connectivity index (χ1) is 7.01. The zero-order valence-corrected chi connectivity index (χ0v) is 7.96. The summed E-state index contributed by atoms with van der Waals surface area (Å²) in [7, 11) is 0. The van der Waals surface area contributed by atoms with E-state index in [1.807, 2.05) is 0 Å². The second kappa shape index (κ2) is 3.20. The van der Waals surface area contributed by atoms with E-state index in [0.29, 0.717) is 12.8 Å². The summed E-state index contributed by atoms with van der Waals surface area (Å²) in [5.41, 5.74) is 4.44. The number of anilines is 1. The van der Waals surface area contributed by atoms with Crippen LogP contribution in [0, 0.1) is 5.82 Å². The van der Waals surface area contributed by atoms with Gasteiger partial charge in [0.2, 0.25) is 0 Å². The molecule has 2 rings (SSSR count). The number of rotatable bonds is 2. The fourth-order valence-corrected chi connectivity index (χ4v) is 1.50. The van der Waals surface area contributed by atoms with Crippen LogP contribution in [-0.2, 0) is 5.60 Å². The minimum absolute atomic E-state index is 0.275. The van der Waals surface area contributed by atoms with E-state index in [-0.39, 0.29) is 11.3 Å². The topological polar surface area (TPSA) is 75.4 Å². The van der Waals surface area contributed by atoms with E-state index in [1.54, 1.807) is 0 Å². The molecule has 1 aromatic carbocycles. The van der Waals surface area contributed by atoms with Crippen LogP contribution >= 0.6 is 0 Å². The molecule has 0 heterocycles. The first-order valence-corrected chi connectivity index (χ1v) is 4.60. The Bertz CT molecular complexity index is 416. The molecule has 0 atom stereocenters. The third-order valence-electron chi connectivity index (χ3n) is 2.46. The van der Waals surface area contributed by atoms with E-state index in [1.165, 1.54) is 12.1 Å². The number of hydrogen-bond donors (Lipinski definition) is 3. The second-order valence-corrected chi connectivity index (χ2v) is 3.72. The molecule has 1 saturated carbocycles. The average Bonchev–Trinajstić information content (AvgIpc) is 2.83. The molecule has 5 heteroatoms. The van der Waals surface area contributed by atoms with Gasteiger partial charge in [-0.25, -0.2) is 9.18 Å². The second-order valence-electron chi connectivity index (χ2n) is 3.72. The number of primary amides is 1. The number of benzene rings is 1. The van der Waals surface area contributed by atoms with Crippen molar-refractivity contribution in [2.75, 3.05) is 5.32 Å². The van der Waals surface area contributed by atoms with Gasteiger partial charge in [-0.2, -0.15) is 0 Å². The quantitative estimate of drug-likeness (QED) is 0.688. The molecule has 15 heavy (non-hydrogen) atoms. The highest BCUT2D eigenvalue weighted by Crippen LogP contribution is 2.46. The Balaban J connectivity index is 2.27. The Hall–Kier alpha value is -1.62. The minimum atomic E-state index is -1.00. The number of nitrogens with two attached hydrogens (primary N) is 1. The van der Waals surface area contributed by atoms with Crippen molar-refractivity contribution in [3.8, 4) is 0 Å². The standard InChI is InChI=1S/C10H11FN2O2/c11-8-5-6(13-9(12)14)1-2-7(8)10(15)3-4-10/h1-2,5,15H,3-4H2,(H3,12,13,14). The van der Waals surface area contributed by atoms with E-state index in [2.05, 4.69) is 5.32 Å². The lowest BCUT2D eigenvalue weighted by atomic mass is 10.1. The summed E-state index contributed by atoms with van der Waals surface area (Å²) in [6, 6.07) is 3.39. The van der Waals surface area contributed by atoms with E-state index in [4.69, 9.17) is 5.73 Å². The van der Waals surface area contributed by atoms with Crippen LogP contribution in [-0.4, -0.2) is 11.1 Å². The molecule has 2 amide bonds. The van der Waals surface area contributed by atoms with Crippen molar-refractivity contribution in [1.82, 2.24) is 0 Å². The summed E-state index contributed by atoms with van der Waals surface area (Å²) >= 11 is 0.